The van der Waals surface area contributed by atoms with Crippen molar-refractivity contribution in [3.05, 3.63) is 0 Å². The van der Waals surface area contributed by atoms with E-state index >= 15 is 0 Å². The van der Waals surface area contributed by atoms with Crippen molar-refractivity contribution >= 4 is 24.8 Å². The lowest BCUT2D eigenvalue weighted by atomic mass is 10.1. The maximum Gasteiger partial charge on any atom is 0.0345 e. The van der Waals surface area contributed by atoms with Gasteiger partial charge in [-0.3, -0.25) is 4.90 Å². The molecule has 0 atom stereocenters. The van der Waals surface area contributed by atoms with E-state index in [1.165, 1.54) is 45.4 Å². The first-order chi connectivity index (χ1) is 4.97. The van der Waals surface area contributed by atoms with Crippen LogP contribution in [-0.2, 0) is 0 Å². The number of rotatable bonds is 1. The predicted molar refractivity (Wildman–Crippen MR) is 56.6 cm³/mol. The SMILES string of the molecule is C1CCN(C2CNC2)CC1.Cl.Cl. The fourth-order valence-electron chi connectivity index (χ4n) is 1.82. The molecule has 4 heteroatoms. The normalized spacial score (nSPS) is 25.0. The Kier molecular flexibility index (Phi) is 6.28. The van der Waals surface area contributed by atoms with Gasteiger partial charge in [0.1, 0.15) is 0 Å². The molecule has 2 aliphatic rings. The molecule has 2 nitrogen and oxygen atoms in total. The summed E-state index contributed by atoms with van der Waals surface area (Å²) >= 11 is 0. The summed E-state index contributed by atoms with van der Waals surface area (Å²) in [5.74, 6) is 0. The molecule has 0 aromatic rings. The quantitative estimate of drug-likeness (QED) is 0.706. The van der Waals surface area contributed by atoms with E-state index in [0.717, 1.165) is 6.04 Å². The third-order valence-electron chi connectivity index (χ3n) is 2.67. The molecule has 2 heterocycles. The Morgan fingerprint density at radius 2 is 1.50 bits per heavy atom. The molecule has 2 aliphatic heterocycles. The minimum atomic E-state index is 0. The van der Waals surface area contributed by atoms with Crippen LogP contribution >= 0.6 is 24.8 Å². The van der Waals surface area contributed by atoms with Gasteiger partial charge in [0.05, 0.1) is 0 Å². The highest BCUT2D eigenvalue weighted by Crippen LogP contribution is 2.13. The monoisotopic (exact) mass is 212 g/mol. The highest BCUT2D eigenvalue weighted by Gasteiger charge is 2.24. The molecule has 74 valence electrons. The maximum absolute atomic E-state index is 3.32. The fraction of sp³-hybridized carbons (Fsp3) is 1.00. The lowest BCUT2D eigenvalue weighted by molar-refractivity contribution is 0.121. The van der Waals surface area contributed by atoms with Crippen molar-refractivity contribution in [1.82, 2.24) is 10.2 Å². The first kappa shape index (κ1) is 12.5. The molecule has 0 aromatic heterocycles. The molecule has 2 fully saturated rings. The zero-order chi connectivity index (χ0) is 6.81. The van der Waals surface area contributed by atoms with Crippen LogP contribution < -0.4 is 5.32 Å². The molecule has 2 saturated heterocycles. The number of hydrogen-bond donors (Lipinski definition) is 1. The largest absolute Gasteiger partial charge is 0.314 e. The number of piperidine rings is 1. The van der Waals surface area contributed by atoms with Crippen LogP contribution in [0.2, 0.25) is 0 Å². The van der Waals surface area contributed by atoms with E-state index in [-0.39, 0.29) is 24.8 Å². The molecule has 2 rings (SSSR count). The van der Waals surface area contributed by atoms with Crippen LogP contribution in [0.3, 0.4) is 0 Å². The Labute approximate surface area is 86.9 Å². The van der Waals surface area contributed by atoms with Crippen molar-refractivity contribution < 1.29 is 0 Å². The van der Waals surface area contributed by atoms with Crippen LogP contribution in [-0.4, -0.2) is 37.1 Å². The second kappa shape index (κ2) is 6.03. The molecule has 12 heavy (non-hydrogen) atoms. The Hall–Kier alpha value is 0.500. The zero-order valence-corrected chi connectivity index (χ0v) is 8.92. The highest BCUT2D eigenvalue weighted by atomic mass is 35.5. The molecular formula is C8H18Cl2N2. The van der Waals surface area contributed by atoms with Gasteiger partial charge >= 0.3 is 0 Å². The smallest absolute Gasteiger partial charge is 0.0345 e. The van der Waals surface area contributed by atoms with Gasteiger partial charge in [0.25, 0.3) is 0 Å². The number of nitrogens with one attached hydrogen (secondary N) is 1. The number of likely N-dealkylation sites (tertiary alicyclic amines) is 1. The topological polar surface area (TPSA) is 15.3 Å². The summed E-state index contributed by atoms with van der Waals surface area (Å²) in [6, 6.07) is 0.889. The number of halogens is 2. The second-order valence-corrected chi connectivity index (χ2v) is 3.41. The molecule has 0 unspecified atom stereocenters. The lowest BCUT2D eigenvalue weighted by Crippen LogP contribution is -2.58. The van der Waals surface area contributed by atoms with Crippen LogP contribution in [0.5, 0.6) is 0 Å². The molecule has 0 aromatic carbocycles. The van der Waals surface area contributed by atoms with Gasteiger partial charge in [0.2, 0.25) is 0 Å². The van der Waals surface area contributed by atoms with Gasteiger partial charge in [-0.1, -0.05) is 6.42 Å². The Bertz CT molecular complexity index is 112. The minimum Gasteiger partial charge on any atom is -0.314 e. The first-order valence-electron chi connectivity index (χ1n) is 4.41. The molecule has 0 radical (unpaired) electrons. The highest BCUT2D eigenvalue weighted by molar-refractivity contribution is 5.85. The van der Waals surface area contributed by atoms with E-state index in [4.69, 9.17) is 0 Å². The summed E-state index contributed by atoms with van der Waals surface area (Å²) in [5.41, 5.74) is 0. The molecule has 0 amide bonds. The summed E-state index contributed by atoms with van der Waals surface area (Å²) < 4.78 is 0. The van der Waals surface area contributed by atoms with Gasteiger partial charge in [0, 0.05) is 19.1 Å². The van der Waals surface area contributed by atoms with Crippen molar-refractivity contribution in [1.29, 1.82) is 0 Å². The van der Waals surface area contributed by atoms with Crippen molar-refractivity contribution in [3.63, 3.8) is 0 Å². The minimum absolute atomic E-state index is 0. The molecule has 0 bridgehead atoms. The maximum atomic E-state index is 3.32. The Morgan fingerprint density at radius 1 is 0.917 bits per heavy atom. The van der Waals surface area contributed by atoms with Crippen molar-refractivity contribution in [2.45, 2.75) is 25.3 Å². The third kappa shape index (κ3) is 2.77. The van der Waals surface area contributed by atoms with E-state index in [2.05, 4.69) is 10.2 Å². The summed E-state index contributed by atoms with van der Waals surface area (Å²) in [4.78, 5) is 2.64. The van der Waals surface area contributed by atoms with Gasteiger partial charge < -0.3 is 5.32 Å². The predicted octanol–water partition coefficient (Wildman–Crippen LogP) is 1.29. The van der Waals surface area contributed by atoms with Crippen molar-refractivity contribution in [2.75, 3.05) is 26.2 Å². The molecule has 0 saturated carbocycles. The zero-order valence-electron chi connectivity index (χ0n) is 7.29. The Balaban J connectivity index is 0.000000605. The summed E-state index contributed by atoms with van der Waals surface area (Å²) in [6.07, 6.45) is 4.31. The molecular weight excluding hydrogens is 195 g/mol. The van der Waals surface area contributed by atoms with E-state index in [0.29, 0.717) is 0 Å². The van der Waals surface area contributed by atoms with Gasteiger partial charge in [-0.2, -0.15) is 0 Å². The number of hydrogen-bond acceptors (Lipinski definition) is 2. The average molecular weight is 213 g/mol. The van der Waals surface area contributed by atoms with E-state index in [1.807, 2.05) is 0 Å². The van der Waals surface area contributed by atoms with Crippen LogP contribution in [0.1, 0.15) is 19.3 Å². The van der Waals surface area contributed by atoms with Crippen molar-refractivity contribution in [3.8, 4) is 0 Å². The van der Waals surface area contributed by atoms with E-state index in [9.17, 15) is 0 Å². The lowest BCUT2D eigenvalue weighted by Gasteiger charge is -2.40. The standard InChI is InChI=1S/C8H16N2.2ClH/c1-2-4-10(5-3-1)8-6-9-7-8;;/h8-9H,1-7H2;2*1H. The fourth-order valence-corrected chi connectivity index (χ4v) is 1.82. The molecule has 0 spiro atoms. The first-order valence-corrected chi connectivity index (χ1v) is 4.41. The van der Waals surface area contributed by atoms with Gasteiger partial charge in [0.15, 0.2) is 0 Å². The van der Waals surface area contributed by atoms with Crippen LogP contribution in [0, 0.1) is 0 Å². The van der Waals surface area contributed by atoms with Crippen LogP contribution in [0.15, 0.2) is 0 Å². The molecule has 0 aliphatic carbocycles. The summed E-state index contributed by atoms with van der Waals surface area (Å²) in [6.45, 7) is 5.18. The Morgan fingerprint density at radius 3 is 1.92 bits per heavy atom. The van der Waals surface area contributed by atoms with Gasteiger partial charge in [-0.05, 0) is 25.9 Å². The second-order valence-electron chi connectivity index (χ2n) is 3.41. The van der Waals surface area contributed by atoms with Crippen LogP contribution in [0.25, 0.3) is 0 Å². The van der Waals surface area contributed by atoms with E-state index < -0.39 is 0 Å². The van der Waals surface area contributed by atoms with Crippen molar-refractivity contribution in [2.24, 2.45) is 0 Å². The number of nitrogens with zero attached hydrogens (tertiary/aromatic N) is 1. The average Bonchev–Trinajstić information content (AvgIpc) is 1.86. The van der Waals surface area contributed by atoms with Gasteiger partial charge in [-0.25, -0.2) is 0 Å². The summed E-state index contributed by atoms with van der Waals surface area (Å²) in [5, 5.41) is 3.32. The van der Waals surface area contributed by atoms with Gasteiger partial charge in [-0.15, -0.1) is 24.8 Å². The van der Waals surface area contributed by atoms with E-state index in [1.54, 1.807) is 0 Å². The van der Waals surface area contributed by atoms with Crippen LogP contribution in [0.4, 0.5) is 0 Å². The molecule has 1 N–H and O–H groups in total. The summed E-state index contributed by atoms with van der Waals surface area (Å²) in [7, 11) is 0. The third-order valence-corrected chi connectivity index (χ3v) is 2.67.